The number of carbonyl (C=O) groups is 1. The van der Waals surface area contributed by atoms with Crippen molar-refractivity contribution in [1.29, 1.82) is 0 Å². The van der Waals surface area contributed by atoms with E-state index in [0.29, 0.717) is 19.2 Å². The number of nitrogens with zero attached hydrogens (tertiary/aromatic N) is 2. The molecule has 2 unspecified atom stereocenters. The highest BCUT2D eigenvalue weighted by atomic mass is 16.5. The van der Waals surface area contributed by atoms with Gasteiger partial charge in [0.15, 0.2) is 0 Å². The van der Waals surface area contributed by atoms with Gasteiger partial charge in [0.05, 0.1) is 24.9 Å². The first-order valence-corrected chi connectivity index (χ1v) is 8.52. The van der Waals surface area contributed by atoms with Crippen LogP contribution in [0.1, 0.15) is 33.6 Å². The molecule has 0 aromatic carbocycles. The molecule has 1 aliphatic carbocycles. The first kappa shape index (κ1) is 17.7. The molecule has 2 N–H and O–H groups in total. The van der Waals surface area contributed by atoms with Crippen molar-refractivity contribution >= 4 is 5.91 Å². The molecule has 6 heteroatoms. The maximum atomic E-state index is 12.1. The van der Waals surface area contributed by atoms with E-state index in [2.05, 4.69) is 15.1 Å². The molecule has 6 nitrogen and oxygen atoms in total. The summed E-state index contributed by atoms with van der Waals surface area (Å²) in [6.45, 7) is 10.5. The summed E-state index contributed by atoms with van der Waals surface area (Å²) in [6.07, 6.45) is 1.97. The first-order valence-electron chi connectivity index (χ1n) is 8.52. The largest absolute Gasteiger partial charge is 0.389 e. The lowest BCUT2D eigenvalue weighted by Crippen LogP contribution is -2.55. The number of hydrogen-bond acceptors (Lipinski definition) is 5. The summed E-state index contributed by atoms with van der Waals surface area (Å²) in [6, 6.07) is 0.365. The highest BCUT2D eigenvalue weighted by molar-refractivity contribution is 5.81. The van der Waals surface area contributed by atoms with Crippen LogP contribution in [0, 0.1) is 0 Å². The molecule has 128 valence electrons. The summed E-state index contributed by atoms with van der Waals surface area (Å²) in [5.74, 6) is 0.154. The van der Waals surface area contributed by atoms with E-state index in [9.17, 15) is 9.90 Å². The Morgan fingerprint density at radius 1 is 1.23 bits per heavy atom. The molecule has 1 amide bonds. The summed E-state index contributed by atoms with van der Waals surface area (Å²) < 4.78 is 5.44. The van der Waals surface area contributed by atoms with Crippen LogP contribution in [0.2, 0.25) is 0 Å². The van der Waals surface area contributed by atoms with E-state index in [0.717, 1.165) is 39.0 Å². The Labute approximate surface area is 133 Å². The number of nitrogens with one attached hydrogen (secondary N) is 1. The Morgan fingerprint density at radius 3 is 2.41 bits per heavy atom. The maximum Gasteiger partial charge on any atom is 0.237 e. The molecule has 0 aromatic heterocycles. The Bertz CT molecular complexity index is 353. The number of β-amino-alcohol motifs (C(OH)–C–C–N with tert-alkyl or cyclic N) is 1. The number of aliphatic hydroxyl groups excluding tert-OH is 1. The molecule has 22 heavy (non-hydrogen) atoms. The fraction of sp³-hybridized carbons (Fsp3) is 0.938. The fourth-order valence-corrected chi connectivity index (χ4v) is 2.70. The Kier molecular flexibility index (Phi) is 6.62. The average molecular weight is 313 g/mol. The molecule has 0 aromatic rings. The fourth-order valence-electron chi connectivity index (χ4n) is 2.70. The SMILES string of the molecule is CC(C)OCC(O)CN1CCN(C(C)C(=O)NC2CC2)CC1. The monoisotopic (exact) mass is 313 g/mol. The smallest absolute Gasteiger partial charge is 0.237 e. The quantitative estimate of drug-likeness (QED) is 0.663. The van der Waals surface area contributed by atoms with Crippen LogP contribution in [0.4, 0.5) is 0 Å². The molecule has 1 aliphatic heterocycles. The molecule has 1 heterocycles. The normalized spacial score (nSPS) is 23.5. The number of piperazine rings is 1. The van der Waals surface area contributed by atoms with Gasteiger partial charge < -0.3 is 15.2 Å². The van der Waals surface area contributed by atoms with E-state index in [1.807, 2.05) is 20.8 Å². The zero-order chi connectivity index (χ0) is 16.1. The molecular weight excluding hydrogens is 282 g/mol. The van der Waals surface area contributed by atoms with E-state index in [-0.39, 0.29) is 18.1 Å². The van der Waals surface area contributed by atoms with E-state index in [1.54, 1.807) is 0 Å². The molecule has 2 rings (SSSR count). The number of ether oxygens (including phenoxy) is 1. The van der Waals surface area contributed by atoms with Gasteiger partial charge in [-0.05, 0) is 33.6 Å². The minimum atomic E-state index is -0.440. The standard InChI is InChI=1S/C16H31N3O3/c1-12(2)22-11-15(20)10-18-6-8-19(9-7-18)13(3)16(21)17-14-4-5-14/h12-15,20H,4-11H2,1-3H3,(H,17,21). The van der Waals surface area contributed by atoms with Crippen LogP contribution in [0.15, 0.2) is 0 Å². The van der Waals surface area contributed by atoms with Crippen molar-refractivity contribution in [3.05, 3.63) is 0 Å². The van der Waals surface area contributed by atoms with Crippen LogP contribution < -0.4 is 5.32 Å². The number of aliphatic hydroxyl groups is 1. The van der Waals surface area contributed by atoms with Crippen LogP contribution in [0.25, 0.3) is 0 Å². The van der Waals surface area contributed by atoms with E-state index in [1.165, 1.54) is 0 Å². The predicted molar refractivity (Wildman–Crippen MR) is 85.7 cm³/mol. The van der Waals surface area contributed by atoms with Gasteiger partial charge in [0.1, 0.15) is 0 Å². The summed E-state index contributed by atoms with van der Waals surface area (Å²) in [7, 11) is 0. The van der Waals surface area contributed by atoms with E-state index >= 15 is 0 Å². The van der Waals surface area contributed by atoms with Crippen LogP contribution in [0.3, 0.4) is 0 Å². The second-order valence-electron chi connectivity index (χ2n) is 6.83. The minimum Gasteiger partial charge on any atom is -0.389 e. The van der Waals surface area contributed by atoms with Crippen molar-refractivity contribution in [2.45, 2.75) is 57.9 Å². The van der Waals surface area contributed by atoms with Crippen LogP contribution >= 0.6 is 0 Å². The van der Waals surface area contributed by atoms with Gasteiger partial charge in [0.2, 0.25) is 5.91 Å². The molecule has 2 aliphatic rings. The Balaban J connectivity index is 1.65. The van der Waals surface area contributed by atoms with Gasteiger partial charge in [0, 0.05) is 38.8 Å². The van der Waals surface area contributed by atoms with Gasteiger partial charge in [-0.3, -0.25) is 14.6 Å². The predicted octanol–water partition coefficient (Wildman–Crippen LogP) is 0.0570. The van der Waals surface area contributed by atoms with Gasteiger partial charge in [-0.2, -0.15) is 0 Å². The van der Waals surface area contributed by atoms with Gasteiger partial charge >= 0.3 is 0 Å². The highest BCUT2D eigenvalue weighted by Crippen LogP contribution is 2.19. The number of rotatable bonds is 8. The Hall–Kier alpha value is -0.690. The van der Waals surface area contributed by atoms with Gasteiger partial charge in [-0.1, -0.05) is 0 Å². The molecular formula is C16H31N3O3. The summed E-state index contributed by atoms with van der Waals surface area (Å²) in [5.41, 5.74) is 0. The molecule has 0 spiro atoms. The summed E-state index contributed by atoms with van der Waals surface area (Å²) >= 11 is 0. The zero-order valence-corrected chi connectivity index (χ0v) is 14.1. The lowest BCUT2D eigenvalue weighted by Gasteiger charge is -2.38. The third kappa shape index (κ3) is 5.83. The van der Waals surface area contributed by atoms with Gasteiger partial charge in [0.25, 0.3) is 0 Å². The van der Waals surface area contributed by atoms with Crippen molar-refractivity contribution < 1.29 is 14.6 Å². The lowest BCUT2D eigenvalue weighted by atomic mass is 10.2. The summed E-state index contributed by atoms with van der Waals surface area (Å²) in [5, 5.41) is 13.0. The van der Waals surface area contributed by atoms with Crippen LogP contribution in [-0.4, -0.2) is 84.4 Å². The third-order valence-electron chi connectivity index (χ3n) is 4.35. The molecule has 2 fully saturated rings. The second kappa shape index (κ2) is 8.24. The van der Waals surface area contributed by atoms with Crippen LogP contribution in [-0.2, 0) is 9.53 Å². The lowest BCUT2D eigenvalue weighted by molar-refractivity contribution is -0.126. The van der Waals surface area contributed by atoms with Crippen LogP contribution in [0.5, 0.6) is 0 Å². The van der Waals surface area contributed by atoms with Crippen molar-refractivity contribution in [2.75, 3.05) is 39.3 Å². The topological polar surface area (TPSA) is 65.0 Å². The third-order valence-corrected chi connectivity index (χ3v) is 4.35. The number of hydrogen-bond donors (Lipinski definition) is 2. The van der Waals surface area contributed by atoms with Gasteiger partial charge in [-0.15, -0.1) is 0 Å². The van der Waals surface area contributed by atoms with Gasteiger partial charge in [-0.25, -0.2) is 0 Å². The van der Waals surface area contributed by atoms with Crippen molar-refractivity contribution in [2.24, 2.45) is 0 Å². The first-order chi connectivity index (χ1) is 10.5. The highest BCUT2D eigenvalue weighted by Gasteiger charge is 2.30. The zero-order valence-electron chi connectivity index (χ0n) is 14.1. The summed E-state index contributed by atoms with van der Waals surface area (Å²) in [4.78, 5) is 16.6. The molecule has 2 atom stereocenters. The van der Waals surface area contributed by atoms with E-state index in [4.69, 9.17) is 4.74 Å². The molecule has 0 bridgehead atoms. The van der Waals surface area contributed by atoms with Crippen molar-refractivity contribution in [3.63, 3.8) is 0 Å². The maximum absolute atomic E-state index is 12.1. The van der Waals surface area contributed by atoms with E-state index < -0.39 is 6.10 Å². The molecule has 1 saturated carbocycles. The minimum absolute atomic E-state index is 0.0584. The second-order valence-corrected chi connectivity index (χ2v) is 6.83. The number of amides is 1. The Morgan fingerprint density at radius 2 is 1.86 bits per heavy atom. The molecule has 1 saturated heterocycles. The van der Waals surface area contributed by atoms with Crippen molar-refractivity contribution in [3.8, 4) is 0 Å². The van der Waals surface area contributed by atoms with Crippen molar-refractivity contribution in [1.82, 2.24) is 15.1 Å². The number of carbonyl (C=O) groups excluding carboxylic acids is 1. The molecule has 0 radical (unpaired) electrons. The average Bonchev–Trinajstić information content (AvgIpc) is 3.29.